The molecule has 1 atom stereocenters. The number of benzene rings is 1. The van der Waals surface area contributed by atoms with Crippen LogP contribution in [0.5, 0.6) is 5.75 Å². The molecule has 1 heterocycles. The number of ether oxygens (including phenoxy) is 2. The van der Waals surface area contributed by atoms with E-state index in [1.807, 2.05) is 0 Å². The molecule has 104 valence electrons. The lowest BCUT2D eigenvalue weighted by atomic mass is 9.99. The van der Waals surface area contributed by atoms with Crippen LogP contribution >= 0.6 is 0 Å². The zero-order valence-corrected chi connectivity index (χ0v) is 11.0. The number of pyridine rings is 1. The first-order chi connectivity index (χ1) is 9.72. The van der Waals surface area contributed by atoms with Gasteiger partial charge in [-0.05, 0) is 18.2 Å². The van der Waals surface area contributed by atoms with Crippen LogP contribution in [0, 0.1) is 5.82 Å². The molecule has 0 bridgehead atoms. The van der Waals surface area contributed by atoms with Crippen molar-refractivity contribution in [3.05, 3.63) is 60.2 Å². The van der Waals surface area contributed by atoms with Crippen molar-refractivity contribution in [2.45, 2.75) is 5.92 Å². The van der Waals surface area contributed by atoms with Crippen LogP contribution in [0.4, 0.5) is 4.39 Å². The molecule has 0 aliphatic heterocycles. The Morgan fingerprint density at radius 1 is 1.30 bits per heavy atom. The van der Waals surface area contributed by atoms with E-state index in [-0.39, 0.29) is 12.2 Å². The first kappa shape index (κ1) is 14.0. The van der Waals surface area contributed by atoms with Crippen molar-refractivity contribution >= 4 is 5.97 Å². The normalized spacial score (nSPS) is 11.7. The van der Waals surface area contributed by atoms with Crippen LogP contribution in [-0.2, 0) is 9.53 Å². The van der Waals surface area contributed by atoms with Crippen LogP contribution in [0.1, 0.15) is 11.5 Å². The Labute approximate surface area is 116 Å². The van der Waals surface area contributed by atoms with E-state index in [1.54, 1.807) is 36.5 Å². The Morgan fingerprint density at radius 3 is 2.75 bits per heavy atom. The Morgan fingerprint density at radius 2 is 2.10 bits per heavy atom. The summed E-state index contributed by atoms with van der Waals surface area (Å²) in [5.74, 6) is -1.31. The molecule has 0 radical (unpaired) electrons. The van der Waals surface area contributed by atoms with Gasteiger partial charge in [0.05, 0.1) is 13.3 Å². The van der Waals surface area contributed by atoms with Gasteiger partial charge in [0.25, 0.3) is 0 Å². The van der Waals surface area contributed by atoms with Crippen molar-refractivity contribution in [1.29, 1.82) is 0 Å². The minimum Gasteiger partial charge on any atom is -0.491 e. The summed E-state index contributed by atoms with van der Waals surface area (Å²) in [6.45, 7) is -0.0146. The number of esters is 1. The van der Waals surface area contributed by atoms with Crippen molar-refractivity contribution in [3.63, 3.8) is 0 Å². The second kappa shape index (κ2) is 6.65. The maximum Gasteiger partial charge on any atom is 0.316 e. The van der Waals surface area contributed by atoms with Gasteiger partial charge in [-0.2, -0.15) is 0 Å². The number of rotatable bonds is 5. The third-order valence-electron chi connectivity index (χ3n) is 2.82. The molecule has 0 saturated carbocycles. The summed E-state index contributed by atoms with van der Waals surface area (Å²) < 4.78 is 24.0. The van der Waals surface area contributed by atoms with Crippen molar-refractivity contribution in [2.24, 2.45) is 0 Å². The minimum absolute atomic E-state index is 0.0146. The molecule has 1 aromatic carbocycles. The summed E-state index contributed by atoms with van der Waals surface area (Å²) in [5, 5.41) is 0. The van der Waals surface area contributed by atoms with Crippen LogP contribution in [0.3, 0.4) is 0 Å². The molecule has 0 N–H and O–H groups in total. The molecule has 0 saturated heterocycles. The number of methoxy groups -OCH3 is 1. The lowest BCUT2D eigenvalue weighted by molar-refractivity contribution is -0.143. The SMILES string of the molecule is COC(=O)C(COc1cccnc1)c1ccccc1F. The molecule has 1 aromatic heterocycles. The molecule has 4 nitrogen and oxygen atoms in total. The Hall–Kier alpha value is -2.43. The summed E-state index contributed by atoms with van der Waals surface area (Å²) in [5.41, 5.74) is 0.253. The molecule has 0 amide bonds. The maximum absolute atomic E-state index is 13.8. The Bertz CT molecular complexity index is 574. The molecule has 2 rings (SSSR count). The third-order valence-corrected chi connectivity index (χ3v) is 2.82. The molecule has 0 aliphatic rings. The van der Waals surface area contributed by atoms with E-state index in [9.17, 15) is 9.18 Å². The fourth-order valence-corrected chi connectivity index (χ4v) is 1.80. The number of hydrogen-bond donors (Lipinski definition) is 0. The van der Waals surface area contributed by atoms with Crippen molar-refractivity contribution in [3.8, 4) is 5.75 Å². The highest BCUT2D eigenvalue weighted by atomic mass is 19.1. The van der Waals surface area contributed by atoms with Gasteiger partial charge < -0.3 is 9.47 Å². The van der Waals surface area contributed by atoms with E-state index in [0.717, 1.165) is 0 Å². The van der Waals surface area contributed by atoms with Gasteiger partial charge in [-0.25, -0.2) is 4.39 Å². The molecule has 2 aromatic rings. The minimum atomic E-state index is -0.818. The highest BCUT2D eigenvalue weighted by molar-refractivity contribution is 5.78. The monoisotopic (exact) mass is 275 g/mol. The number of carbonyl (C=O) groups is 1. The number of aromatic nitrogens is 1. The number of nitrogens with zero attached hydrogens (tertiary/aromatic N) is 1. The van der Waals surface area contributed by atoms with Crippen LogP contribution in [0.2, 0.25) is 0 Å². The summed E-state index contributed by atoms with van der Waals surface area (Å²) >= 11 is 0. The van der Waals surface area contributed by atoms with Crippen LogP contribution < -0.4 is 4.74 Å². The number of carbonyl (C=O) groups excluding carboxylic acids is 1. The predicted octanol–water partition coefficient (Wildman–Crippen LogP) is 2.56. The van der Waals surface area contributed by atoms with E-state index in [2.05, 4.69) is 4.98 Å². The Balaban J connectivity index is 2.17. The highest BCUT2D eigenvalue weighted by Gasteiger charge is 2.25. The number of halogens is 1. The predicted molar refractivity (Wildman–Crippen MR) is 70.9 cm³/mol. The molecule has 0 aliphatic carbocycles. The second-order valence-corrected chi connectivity index (χ2v) is 4.10. The van der Waals surface area contributed by atoms with Gasteiger partial charge in [-0.1, -0.05) is 18.2 Å². The van der Waals surface area contributed by atoms with Gasteiger partial charge in [0.15, 0.2) is 0 Å². The third kappa shape index (κ3) is 3.32. The van der Waals surface area contributed by atoms with Crippen LogP contribution in [-0.4, -0.2) is 24.7 Å². The second-order valence-electron chi connectivity index (χ2n) is 4.10. The van der Waals surface area contributed by atoms with Gasteiger partial charge >= 0.3 is 5.97 Å². The molecule has 20 heavy (non-hydrogen) atoms. The van der Waals surface area contributed by atoms with Gasteiger partial charge in [0, 0.05) is 11.8 Å². The molecular weight excluding hydrogens is 261 g/mol. The summed E-state index contributed by atoms with van der Waals surface area (Å²) in [4.78, 5) is 15.7. The summed E-state index contributed by atoms with van der Waals surface area (Å²) in [6, 6.07) is 9.50. The first-order valence-corrected chi connectivity index (χ1v) is 6.07. The van der Waals surface area contributed by atoms with E-state index < -0.39 is 17.7 Å². The van der Waals surface area contributed by atoms with Gasteiger partial charge in [0.1, 0.15) is 24.1 Å². The van der Waals surface area contributed by atoms with E-state index in [4.69, 9.17) is 9.47 Å². The fourth-order valence-electron chi connectivity index (χ4n) is 1.80. The van der Waals surface area contributed by atoms with Crippen molar-refractivity contribution in [1.82, 2.24) is 4.98 Å². The van der Waals surface area contributed by atoms with Gasteiger partial charge in [0.2, 0.25) is 0 Å². The standard InChI is InChI=1S/C15H14FNO3/c1-19-15(18)13(12-6-2-3-7-14(12)16)10-20-11-5-4-8-17-9-11/h2-9,13H,10H2,1H3. The molecule has 1 unspecified atom stereocenters. The highest BCUT2D eigenvalue weighted by Crippen LogP contribution is 2.22. The maximum atomic E-state index is 13.8. The van der Waals surface area contributed by atoms with Gasteiger partial charge in [-0.3, -0.25) is 9.78 Å². The van der Waals surface area contributed by atoms with E-state index in [0.29, 0.717) is 5.75 Å². The van der Waals surface area contributed by atoms with Crippen LogP contribution in [0.25, 0.3) is 0 Å². The number of hydrogen-bond acceptors (Lipinski definition) is 4. The van der Waals surface area contributed by atoms with E-state index in [1.165, 1.54) is 19.4 Å². The molecule has 0 fully saturated rings. The molecule has 5 heteroatoms. The quantitative estimate of drug-likeness (QED) is 0.787. The van der Waals surface area contributed by atoms with Crippen molar-refractivity contribution in [2.75, 3.05) is 13.7 Å². The van der Waals surface area contributed by atoms with Crippen molar-refractivity contribution < 1.29 is 18.7 Å². The fraction of sp³-hybridized carbons (Fsp3) is 0.200. The van der Waals surface area contributed by atoms with E-state index >= 15 is 0 Å². The lowest BCUT2D eigenvalue weighted by Gasteiger charge is -2.16. The van der Waals surface area contributed by atoms with Gasteiger partial charge in [-0.15, -0.1) is 0 Å². The zero-order chi connectivity index (χ0) is 14.4. The van der Waals surface area contributed by atoms with Crippen LogP contribution in [0.15, 0.2) is 48.8 Å². The summed E-state index contributed by atoms with van der Waals surface area (Å²) in [7, 11) is 1.26. The average molecular weight is 275 g/mol. The lowest BCUT2D eigenvalue weighted by Crippen LogP contribution is -2.22. The first-order valence-electron chi connectivity index (χ1n) is 6.07. The largest absolute Gasteiger partial charge is 0.491 e. The zero-order valence-electron chi connectivity index (χ0n) is 11.0. The Kier molecular flexibility index (Phi) is 4.65. The average Bonchev–Trinajstić information content (AvgIpc) is 2.50. The topological polar surface area (TPSA) is 48.4 Å². The summed E-state index contributed by atoms with van der Waals surface area (Å²) in [6.07, 6.45) is 3.14. The molecule has 0 spiro atoms. The molecular formula is C15H14FNO3. The smallest absolute Gasteiger partial charge is 0.316 e.